The van der Waals surface area contributed by atoms with E-state index in [2.05, 4.69) is 10.2 Å². The molecule has 0 aromatic heterocycles. The molecule has 1 aromatic carbocycles. The predicted molar refractivity (Wildman–Crippen MR) is 66.5 cm³/mol. The Labute approximate surface area is 102 Å². The van der Waals surface area contributed by atoms with Crippen molar-refractivity contribution in [3.05, 3.63) is 35.6 Å². The van der Waals surface area contributed by atoms with Gasteiger partial charge in [0.25, 0.3) is 5.91 Å². The Bertz CT molecular complexity index is 379. The van der Waals surface area contributed by atoms with E-state index in [1.807, 2.05) is 21.0 Å². The third-order valence-corrected chi connectivity index (χ3v) is 2.41. The van der Waals surface area contributed by atoms with E-state index in [1.165, 1.54) is 12.1 Å². The van der Waals surface area contributed by atoms with E-state index in [4.69, 9.17) is 0 Å². The average molecular weight is 238 g/mol. The zero-order valence-electron chi connectivity index (χ0n) is 10.5. The summed E-state index contributed by atoms with van der Waals surface area (Å²) in [4.78, 5) is 13.7. The predicted octanol–water partition coefficient (Wildman–Crippen LogP) is 1.75. The summed E-state index contributed by atoms with van der Waals surface area (Å²) in [5.74, 6) is -0.500. The lowest BCUT2D eigenvalue weighted by Crippen LogP contribution is -2.33. The molecule has 0 fully saturated rings. The highest BCUT2D eigenvalue weighted by Gasteiger charge is 2.11. The fourth-order valence-electron chi connectivity index (χ4n) is 1.70. The van der Waals surface area contributed by atoms with Crippen molar-refractivity contribution in [2.45, 2.75) is 6.92 Å². The lowest BCUT2D eigenvalue weighted by molar-refractivity contribution is 0.0942. The van der Waals surface area contributed by atoms with Crippen molar-refractivity contribution < 1.29 is 9.18 Å². The van der Waals surface area contributed by atoms with Gasteiger partial charge in [-0.25, -0.2) is 4.39 Å². The molecule has 0 radical (unpaired) electrons. The number of carbonyl (C=O) groups is 1. The van der Waals surface area contributed by atoms with Gasteiger partial charge in [0.2, 0.25) is 0 Å². The van der Waals surface area contributed by atoms with Crippen molar-refractivity contribution in [2.75, 3.05) is 27.2 Å². The summed E-state index contributed by atoms with van der Waals surface area (Å²) in [5.41, 5.74) is 0.101. The number of halogens is 1. The van der Waals surface area contributed by atoms with Gasteiger partial charge in [-0.15, -0.1) is 0 Å². The molecule has 4 heteroatoms. The first-order valence-electron chi connectivity index (χ1n) is 5.68. The van der Waals surface area contributed by atoms with Gasteiger partial charge in [0.1, 0.15) is 5.82 Å². The molecular formula is C13H19FN2O. The Morgan fingerprint density at radius 3 is 2.65 bits per heavy atom. The van der Waals surface area contributed by atoms with Gasteiger partial charge in [0.15, 0.2) is 0 Å². The summed E-state index contributed by atoms with van der Waals surface area (Å²) in [6.45, 7) is 3.48. The minimum atomic E-state index is -0.481. The molecule has 3 nitrogen and oxygen atoms in total. The SMILES string of the molecule is CC(CNC(=O)c1ccccc1F)CN(C)C. The highest BCUT2D eigenvalue weighted by Crippen LogP contribution is 2.06. The molecule has 1 aromatic rings. The fraction of sp³-hybridized carbons (Fsp3) is 0.462. The maximum atomic E-state index is 13.3. The van der Waals surface area contributed by atoms with Crippen LogP contribution in [0.4, 0.5) is 4.39 Å². The molecule has 1 atom stereocenters. The van der Waals surface area contributed by atoms with Gasteiger partial charge in [0.05, 0.1) is 5.56 Å². The number of rotatable bonds is 5. The maximum absolute atomic E-state index is 13.3. The van der Waals surface area contributed by atoms with Crippen LogP contribution in [-0.2, 0) is 0 Å². The van der Waals surface area contributed by atoms with E-state index in [-0.39, 0.29) is 11.5 Å². The summed E-state index contributed by atoms with van der Waals surface area (Å²) in [7, 11) is 3.96. The van der Waals surface area contributed by atoms with Gasteiger partial charge < -0.3 is 10.2 Å². The number of hydrogen-bond donors (Lipinski definition) is 1. The summed E-state index contributed by atoms with van der Waals surface area (Å²) < 4.78 is 13.3. The normalized spacial score (nSPS) is 12.5. The molecular weight excluding hydrogens is 219 g/mol. The third-order valence-electron chi connectivity index (χ3n) is 2.41. The zero-order chi connectivity index (χ0) is 12.8. The summed E-state index contributed by atoms with van der Waals surface area (Å²) in [5, 5.41) is 2.74. The van der Waals surface area contributed by atoms with Gasteiger partial charge in [-0.1, -0.05) is 19.1 Å². The second-order valence-corrected chi connectivity index (χ2v) is 4.56. The van der Waals surface area contributed by atoms with Crippen LogP contribution >= 0.6 is 0 Å². The maximum Gasteiger partial charge on any atom is 0.254 e. The molecule has 1 rings (SSSR count). The van der Waals surface area contributed by atoms with Crippen molar-refractivity contribution in [3.8, 4) is 0 Å². The van der Waals surface area contributed by atoms with Crippen molar-refractivity contribution in [3.63, 3.8) is 0 Å². The van der Waals surface area contributed by atoms with E-state index in [0.29, 0.717) is 12.5 Å². The zero-order valence-corrected chi connectivity index (χ0v) is 10.5. The first-order valence-corrected chi connectivity index (χ1v) is 5.68. The number of amides is 1. The van der Waals surface area contributed by atoms with E-state index in [1.54, 1.807) is 12.1 Å². The standard InChI is InChI=1S/C13H19FN2O/c1-10(9-16(2)3)8-15-13(17)11-6-4-5-7-12(11)14/h4-7,10H,8-9H2,1-3H3,(H,15,17). The van der Waals surface area contributed by atoms with E-state index < -0.39 is 5.82 Å². The summed E-state index contributed by atoms with van der Waals surface area (Å²) in [6, 6.07) is 6.00. The number of carbonyl (C=O) groups excluding carboxylic acids is 1. The Morgan fingerprint density at radius 2 is 2.06 bits per heavy atom. The van der Waals surface area contributed by atoms with Crippen LogP contribution < -0.4 is 5.32 Å². The molecule has 0 aliphatic heterocycles. The van der Waals surface area contributed by atoms with E-state index in [0.717, 1.165) is 6.54 Å². The van der Waals surface area contributed by atoms with Crippen molar-refractivity contribution >= 4 is 5.91 Å². The Hall–Kier alpha value is -1.42. The van der Waals surface area contributed by atoms with Gasteiger partial charge in [0, 0.05) is 13.1 Å². The molecule has 0 aliphatic rings. The number of benzene rings is 1. The Kier molecular flexibility index (Phi) is 5.10. The van der Waals surface area contributed by atoms with Gasteiger partial charge >= 0.3 is 0 Å². The largest absolute Gasteiger partial charge is 0.352 e. The highest BCUT2D eigenvalue weighted by atomic mass is 19.1. The summed E-state index contributed by atoms with van der Waals surface area (Å²) >= 11 is 0. The molecule has 94 valence electrons. The molecule has 1 amide bonds. The van der Waals surface area contributed by atoms with Crippen LogP contribution in [0.1, 0.15) is 17.3 Å². The van der Waals surface area contributed by atoms with Crippen LogP contribution in [0.5, 0.6) is 0 Å². The second kappa shape index (κ2) is 6.35. The first-order chi connectivity index (χ1) is 8.00. The lowest BCUT2D eigenvalue weighted by atomic mass is 10.1. The van der Waals surface area contributed by atoms with Crippen LogP contribution in [0.25, 0.3) is 0 Å². The molecule has 0 bridgehead atoms. The van der Waals surface area contributed by atoms with Crippen LogP contribution in [0.2, 0.25) is 0 Å². The van der Waals surface area contributed by atoms with Gasteiger partial charge in [-0.2, -0.15) is 0 Å². The number of nitrogens with zero attached hydrogens (tertiary/aromatic N) is 1. The minimum Gasteiger partial charge on any atom is -0.352 e. The molecule has 17 heavy (non-hydrogen) atoms. The highest BCUT2D eigenvalue weighted by molar-refractivity contribution is 5.94. The molecule has 0 saturated heterocycles. The van der Waals surface area contributed by atoms with Crippen LogP contribution in [0.15, 0.2) is 24.3 Å². The first kappa shape index (κ1) is 13.6. The van der Waals surface area contributed by atoms with Gasteiger partial charge in [-0.05, 0) is 32.1 Å². The van der Waals surface area contributed by atoms with Crippen molar-refractivity contribution in [1.82, 2.24) is 10.2 Å². The van der Waals surface area contributed by atoms with Crippen LogP contribution in [0.3, 0.4) is 0 Å². The monoisotopic (exact) mass is 238 g/mol. The quantitative estimate of drug-likeness (QED) is 0.847. The molecule has 0 heterocycles. The molecule has 1 unspecified atom stereocenters. The average Bonchev–Trinajstić information content (AvgIpc) is 2.25. The Morgan fingerprint density at radius 1 is 1.41 bits per heavy atom. The fourth-order valence-corrected chi connectivity index (χ4v) is 1.70. The van der Waals surface area contributed by atoms with Crippen LogP contribution in [0, 0.1) is 11.7 Å². The molecule has 1 N–H and O–H groups in total. The number of nitrogens with one attached hydrogen (secondary N) is 1. The Balaban J connectivity index is 2.48. The third kappa shape index (κ3) is 4.53. The summed E-state index contributed by atoms with van der Waals surface area (Å²) in [6.07, 6.45) is 0. The van der Waals surface area contributed by atoms with E-state index >= 15 is 0 Å². The topological polar surface area (TPSA) is 32.3 Å². The molecule has 0 spiro atoms. The minimum absolute atomic E-state index is 0.101. The molecule has 0 aliphatic carbocycles. The van der Waals surface area contributed by atoms with E-state index in [9.17, 15) is 9.18 Å². The van der Waals surface area contributed by atoms with Crippen molar-refractivity contribution in [1.29, 1.82) is 0 Å². The number of hydrogen-bond acceptors (Lipinski definition) is 2. The smallest absolute Gasteiger partial charge is 0.254 e. The van der Waals surface area contributed by atoms with Gasteiger partial charge in [-0.3, -0.25) is 4.79 Å². The van der Waals surface area contributed by atoms with Crippen LogP contribution in [-0.4, -0.2) is 38.0 Å². The molecule has 0 saturated carbocycles. The lowest BCUT2D eigenvalue weighted by Gasteiger charge is -2.17. The van der Waals surface area contributed by atoms with Crippen molar-refractivity contribution in [2.24, 2.45) is 5.92 Å². The second-order valence-electron chi connectivity index (χ2n) is 4.56.